The SMILES string of the molecule is CCCc1cccc2ncsc12. The van der Waals surface area contributed by atoms with E-state index in [0.717, 1.165) is 5.52 Å². The van der Waals surface area contributed by atoms with Gasteiger partial charge in [0.15, 0.2) is 0 Å². The number of hydrogen-bond donors (Lipinski definition) is 0. The van der Waals surface area contributed by atoms with E-state index in [9.17, 15) is 0 Å². The van der Waals surface area contributed by atoms with Crippen LogP contribution in [0.4, 0.5) is 0 Å². The fourth-order valence-corrected chi connectivity index (χ4v) is 2.25. The Morgan fingerprint density at radius 1 is 1.42 bits per heavy atom. The first-order chi connectivity index (χ1) is 5.92. The van der Waals surface area contributed by atoms with E-state index in [2.05, 4.69) is 30.1 Å². The Balaban J connectivity index is 2.57. The van der Waals surface area contributed by atoms with Crippen LogP contribution in [0.15, 0.2) is 23.7 Å². The zero-order chi connectivity index (χ0) is 8.39. The number of hydrogen-bond acceptors (Lipinski definition) is 2. The molecule has 1 heterocycles. The summed E-state index contributed by atoms with van der Waals surface area (Å²) in [5.74, 6) is 0. The molecule has 62 valence electrons. The van der Waals surface area contributed by atoms with Crippen molar-refractivity contribution in [3.05, 3.63) is 29.3 Å². The minimum Gasteiger partial charge on any atom is -0.245 e. The van der Waals surface area contributed by atoms with Crippen LogP contribution in [0.5, 0.6) is 0 Å². The summed E-state index contributed by atoms with van der Waals surface area (Å²) in [5.41, 5.74) is 4.51. The van der Waals surface area contributed by atoms with Gasteiger partial charge >= 0.3 is 0 Å². The highest BCUT2D eigenvalue weighted by Crippen LogP contribution is 2.22. The number of fused-ring (bicyclic) bond motifs is 1. The molecule has 2 heteroatoms. The maximum atomic E-state index is 4.28. The van der Waals surface area contributed by atoms with Crippen LogP contribution in [0.1, 0.15) is 18.9 Å². The second kappa shape index (κ2) is 3.23. The smallest absolute Gasteiger partial charge is 0.0814 e. The van der Waals surface area contributed by atoms with Crippen molar-refractivity contribution in [3.63, 3.8) is 0 Å². The second-order valence-electron chi connectivity index (χ2n) is 2.87. The summed E-state index contributed by atoms with van der Waals surface area (Å²) in [7, 11) is 0. The van der Waals surface area contributed by atoms with E-state index in [1.54, 1.807) is 11.3 Å². The molecule has 0 atom stereocenters. The van der Waals surface area contributed by atoms with Crippen LogP contribution in [-0.4, -0.2) is 4.98 Å². The molecule has 0 N–H and O–H groups in total. The van der Waals surface area contributed by atoms with Crippen LogP contribution in [0.25, 0.3) is 10.2 Å². The highest BCUT2D eigenvalue weighted by atomic mass is 32.1. The third-order valence-electron chi connectivity index (χ3n) is 1.96. The maximum absolute atomic E-state index is 4.28. The van der Waals surface area contributed by atoms with Gasteiger partial charge in [-0.3, -0.25) is 0 Å². The molecule has 1 nitrogen and oxygen atoms in total. The van der Waals surface area contributed by atoms with Crippen molar-refractivity contribution in [3.8, 4) is 0 Å². The highest BCUT2D eigenvalue weighted by molar-refractivity contribution is 7.16. The van der Waals surface area contributed by atoms with E-state index in [4.69, 9.17) is 0 Å². The Labute approximate surface area is 76.1 Å². The third kappa shape index (κ3) is 1.23. The Morgan fingerprint density at radius 3 is 3.17 bits per heavy atom. The lowest BCUT2D eigenvalue weighted by molar-refractivity contribution is 0.931. The second-order valence-corrected chi connectivity index (χ2v) is 3.72. The van der Waals surface area contributed by atoms with Gasteiger partial charge in [0, 0.05) is 0 Å². The van der Waals surface area contributed by atoms with Crippen LogP contribution in [0.3, 0.4) is 0 Å². The molecule has 0 aliphatic carbocycles. The summed E-state index contributed by atoms with van der Waals surface area (Å²) in [6, 6.07) is 6.36. The first-order valence-electron chi connectivity index (χ1n) is 4.23. The molecular formula is C10H11NS. The Bertz CT molecular complexity index is 378. The topological polar surface area (TPSA) is 12.9 Å². The van der Waals surface area contributed by atoms with Crippen molar-refractivity contribution in [2.75, 3.05) is 0 Å². The van der Waals surface area contributed by atoms with Crippen LogP contribution in [0.2, 0.25) is 0 Å². The summed E-state index contributed by atoms with van der Waals surface area (Å²) in [6.07, 6.45) is 2.37. The highest BCUT2D eigenvalue weighted by Gasteiger charge is 2.00. The van der Waals surface area contributed by atoms with E-state index >= 15 is 0 Å². The third-order valence-corrected chi connectivity index (χ3v) is 2.88. The van der Waals surface area contributed by atoms with E-state index < -0.39 is 0 Å². The van der Waals surface area contributed by atoms with E-state index in [0.29, 0.717) is 0 Å². The molecule has 0 aliphatic heterocycles. The molecule has 2 aromatic rings. The molecule has 0 saturated carbocycles. The molecular weight excluding hydrogens is 166 g/mol. The van der Waals surface area contributed by atoms with Gasteiger partial charge in [0.05, 0.1) is 15.7 Å². The average Bonchev–Trinajstić information content (AvgIpc) is 2.53. The van der Waals surface area contributed by atoms with Crippen LogP contribution < -0.4 is 0 Å². The molecule has 1 aromatic heterocycles. The van der Waals surface area contributed by atoms with Crippen molar-refractivity contribution in [2.45, 2.75) is 19.8 Å². The van der Waals surface area contributed by atoms with Gasteiger partial charge in [-0.25, -0.2) is 4.98 Å². The molecule has 0 fully saturated rings. The lowest BCUT2D eigenvalue weighted by atomic mass is 10.1. The quantitative estimate of drug-likeness (QED) is 0.686. The minimum atomic E-state index is 1.14. The van der Waals surface area contributed by atoms with Gasteiger partial charge in [-0.05, 0) is 18.1 Å². The zero-order valence-corrected chi connectivity index (χ0v) is 7.90. The number of aryl methyl sites for hydroxylation is 1. The van der Waals surface area contributed by atoms with Crippen LogP contribution in [-0.2, 0) is 6.42 Å². The van der Waals surface area contributed by atoms with Crippen molar-refractivity contribution in [2.24, 2.45) is 0 Å². The molecule has 0 saturated heterocycles. The van der Waals surface area contributed by atoms with Crippen molar-refractivity contribution >= 4 is 21.6 Å². The molecule has 1 aromatic carbocycles. The summed E-state index contributed by atoms with van der Waals surface area (Å²) in [6.45, 7) is 2.21. The standard InChI is InChI=1S/C10H11NS/c1-2-4-8-5-3-6-9-10(8)12-7-11-9/h3,5-7H,2,4H2,1H3. The molecule has 0 amide bonds. The molecule has 0 radical (unpaired) electrons. The van der Waals surface area contributed by atoms with Crippen LogP contribution >= 0.6 is 11.3 Å². The molecule has 12 heavy (non-hydrogen) atoms. The van der Waals surface area contributed by atoms with Gasteiger partial charge in [-0.2, -0.15) is 0 Å². The molecule has 0 bridgehead atoms. The molecule has 0 spiro atoms. The monoisotopic (exact) mass is 177 g/mol. The van der Waals surface area contributed by atoms with E-state index in [-0.39, 0.29) is 0 Å². The summed E-state index contributed by atoms with van der Waals surface area (Å²) >= 11 is 1.74. The molecule has 0 aliphatic rings. The zero-order valence-electron chi connectivity index (χ0n) is 7.08. The van der Waals surface area contributed by atoms with Crippen molar-refractivity contribution in [1.29, 1.82) is 0 Å². The van der Waals surface area contributed by atoms with Gasteiger partial charge in [-0.1, -0.05) is 25.5 Å². The number of rotatable bonds is 2. The van der Waals surface area contributed by atoms with Gasteiger partial charge in [-0.15, -0.1) is 11.3 Å². The first kappa shape index (κ1) is 7.74. The molecule has 2 rings (SSSR count). The Kier molecular flexibility index (Phi) is 2.09. The van der Waals surface area contributed by atoms with Crippen molar-refractivity contribution in [1.82, 2.24) is 4.98 Å². The number of aromatic nitrogens is 1. The summed E-state index contributed by atoms with van der Waals surface area (Å²) < 4.78 is 1.36. The fraction of sp³-hybridized carbons (Fsp3) is 0.300. The normalized spacial score (nSPS) is 10.8. The van der Waals surface area contributed by atoms with Gasteiger partial charge < -0.3 is 0 Å². The predicted octanol–water partition coefficient (Wildman–Crippen LogP) is 3.25. The first-order valence-corrected chi connectivity index (χ1v) is 5.11. The van der Waals surface area contributed by atoms with Gasteiger partial charge in [0.25, 0.3) is 0 Å². The Morgan fingerprint density at radius 2 is 2.33 bits per heavy atom. The summed E-state index contributed by atoms with van der Waals surface area (Å²) in [4.78, 5) is 4.28. The van der Waals surface area contributed by atoms with Crippen LogP contribution in [0, 0.1) is 0 Å². The fourth-order valence-electron chi connectivity index (χ4n) is 1.41. The number of nitrogens with zero attached hydrogens (tertiary/aromatic N) is 1. The van der Waals surface area contributed by atoms with Gasteiger partial charge in [0.1, 0.15) is 0 Å². The Hall–Kier alpha value is -0.890. The number of thiazole rings is 1. The lowest BCUT2D eigenvalue weighted by Gasteiger charge is -1.98. The lowest BCUT2D eigenvalue weighted by Crippen LogP contribution is -1.81. The summed E-state index contributed by atoms with van der Waals surface area (Å²) in [5, 5.41) is 0. The molecule has 0 unspecified atom stereocenters. The average molecular weight is 177 g/mol. The van der Waals surface area contributed by atoms with E-state index in [1.807, 2.05) is 5.51 Å². The number of benzene rings is 1. The van der Waals surface area contributed by atoms with E-state index in [1.165, 1.54) is 23.1 Å². The predicted molar refractivity (Wildman–Crippen MR) is 53.6 cm³/mol. The van der Waals surface area contributed by atoms with Crippen molar-refractivity contribution < 1.29 is 0 Å². The van der Waals surface area contributed by atoms with Gasteiger partial charge in [0.2, 0.25) is 0 Å². The minimum absolute atomic E-state index is 1.14. The largest absolute Gasteiger partial charge is 0.245 e. The maximum Gasteiger partial charge on any atom is 0.0814 e.